The van der Waals surface area contributed by atoms with Gasteiger partial charge in [0, 0.05) is 11.4 Å². The van der Waals surface area contributed by atoms with Crippen molar-refractivity contribution in [1.29, 1.82) is 0 Å². The first-order valence-corrected chi connectivity index (χ1v) is 7.06. The van der Waals surface area contributed by atoms with Crippen LogP contribution in [0.2, 0.25) is 0 Å². The second kappa shape index (κ2) is 4.66. The summed E-state index contributed by atoms with van der Waals surface area (Å²) in [6, 6.07) is 14.2. The van der Waals surface area contributed by atoms with E-state index in [9.17, 15) is 4.79 Å². The highest BCUT2D eigenvalue weighted by Crippen LogP contribution is 2.26. The number of benzene rings is 1. The molecule has 0 spiro atoms. The van der Waals surface area contributed by atoms with Crippen molar-refractivity contribution in [2.75, 3.05) is 0 Å². The number of aromatic amines is 3. The standard InChI is InChI=1S/C17H15N3O/c21-17-14(16(19-20-17)12-6-7-12)10-13-8-9-15(18-13)11-4-2-1-3-5-11/h1-5,8-10,18-19H,6-7H2,(H,20,21). The Morgan fingerprint density at radius 2 is 1.76 bits per heavy atom. The molecule has 0 aliphatic heterocycles. The van der Waals surface area contributed by atoms with Crippen molar-refractivity contribution in [2.24, 2.45) is 0 Å². The molecule has 0 amide bonds. The zero-order chi connectivity index (χ0) is 14.2. The van der Waals surface area contributed by atoms with Crippen LogP contribution in [0.5, 0.6) is 0 Å². The summed E-state index contributed by atoms with van der Waals surface area (Å²) >= 11 is 0. The van der Waals surface area contributed by atoms with Crippen LogP contribution in [0, 0.1) is 0 Å². The lowest BCUT2D eigenvalue weighted by atomic mass is 10.2. The Bertz CT molecular complexity index is 951. The summed E-state index contributed by atoms with van der Waals surface area (Å²) in [5.74, 6) is 0. The lowest BCUT2D eigenvalue weighted by Gasteiger charge is -1.95. The van der Waals surface area contributed by atoms with Crippen molar-refractivity contribution in [1.82, 2.24) is 15.2 Å². The van der Waals surface area contributed by atoms with Gasteiger partial charge in [0.25, 0.3) is 5.56 Å². The van der Waals surface area contributed by atoms with Gasteiger partial charge in [-0.3, -0.25) is 15.0 Å². The lowest BCUT2D eigenvalue weighted by Crippen LogP contribution is -2.33. The molecule has 4 nitrogen and oxygen atoms in total. The van der Waals surface area contributed by atoms with Crippen LogP contribution < -0.4 is 16.1 Å². The molecule has 21 heavy (non-hydrogen) atoms. The Labute approximate surface area is 120 Å². The Hall–Kier alpha value is -2.75. The average Bonchev–Trinajstić information content (AvgIpc) is 3.14. The van der Waals surface area contributed by atoms with E-state index in [-0.39, 0.29) is 5.56 Å². The fourth-order valence-corrected chi connectivity index (χ4v) is 2.53. The summed E-state index contributed by atoms with van der Waals surface area (Å²) in [5.41, 5.74) is 4.36. The van der Waals surface area contributed by atoms with E-state index in [4.69, 9.17) is 0 Å². The maximum atomic E-state index is 11.9. The summed E-state index contributed by atoms with van der Waals surface area (Å²) in [4.78, 5) is 15.3. The van der Waals surface area contributed by atoms with Crippen molar-refractivity contribution in [3.63, 3.8) is 0 Å². The van der Waals surface area contributed by atoms with Crippen LogP contribution in [0.3, 0.4) is 0 Å². The quantitative estimate of drug-likeness (QED) is 0.652. The van der Waals surface area contributed by atoms with Gasteiger partial charge in [0.05, 0.1) is 10.6 Å². The zero-order valence-electron chi connectivity index (χ0n) is 11.4. The fourth-order valence-electron chi connectivity index (χ4n) is 2.53. The van der Waals surface area contributed by atoms with E-state index >= 15 is 0 Å². The summed E-state index contributed by atoms with van der Waals surface area (Å²) in [6.07, 6.45) is 4.06. The molecule has 0 bridgehead atoms. The summed E-state index contributed by atoms with van der Waals surface area (Å²) in [6.45, 7) is 0. The minimum atomic E-state index is -0.0692. The first kappa shape index (κ1) is 12.0. The number of nitrogens with one attached hydrogen (secondary N) is 3. The minimum Gasteiger partial charge on any atom is -0.355 e. The van der Waals surface area contributed by atoms with Crippen molar-refractivity contribution < 1.29 is 0 Å². The van der Waals surface area contributed by atoms with Crippen LogP contribution in [-0.2, 0) is 0 Å². The topological polar surface area (TPSA) is 64.4 Å². The average molecular weight is 277 g/mol. The Morgan fingerprint density at radius 1 is 0.952 bits per heavy atom. The van der Waals surface area contributed by atoms with Crippen LogP contribution in [0.15, 0.2) is 47.3 Å². The Morgan fingerprint density at radius 3 is 2.52 bits per heavy atom. The molecule has 0 atom stereocenters. The molecule has 2 heterocycles. The smallest absolute Gasteiger partial charge is 0.271 e. The van der Waals surface area contributed by atoms with Gasteiger partial charge in [0.2, 0.25) is 0 Å². The molecule has 1 fully saturated rings. The highest BCUT2D eigenvalue weighted by Gasteiger charge is 2.14. The molecule has 0 unspecified atom stereocenters. The molecule has 4 heteroatoms. The third-order valence-electron chi connectivity index (χ3n) is 3.76. The number of rotatable bonds is 2. The normalized spacial score (nSPS) is 14.7. The van der Waals surface area contributed by atoms with E-state index in [1.165, 1.54) is 5.57 Å². The second-order valence-corrected chi connectivity index (χ2v) is 5.31. The minimum absolute atomic E-state index is 0.0692. The third-order valence-corrected chi connectivity index (χ3v) is 3.76. The van der Waals surface area contributed by atoms with Crippen molar-refractivity contribution in [3.8, 4) is 11.3 Å². The molecular formula is C17H15N3O. The maximum Gasteiger partial charge on any atom is 0.271 e. The predicted octanol–water partition coefficient (Wildman–Crippen LogP) is 1.47. The Balaban J connectivity index is 1.82. The number of hydrogen-bond donors (Lipinski definition) is 3. The molecule has 0 saturated heterocycles. The van der Waals surface area contributed by atoms with Gasteiger partial charge in [-0.05, 0) is 42.2 Å². The van der Waals surface area contributed by atoms with Gasteiger partial charge in [-0.2, -0.15) is 0 Å². The van der Waals surface area contributed by atoms with Gasteiger partial charge < -0.3 is 4.98 Å². The van der Waals surface area contributed by atoms with E-state index in [0.717, 1.165) is 35.1 Å². The lowest BCUT2D eigenvalue weighted by molar-refractivity contribution is 1.03. The largest absolute Gasteiger partial charge is 0.355 e. The predicted molar refractivity (Wildman–Crippen MR) is 83.1 cm³/mol. The molecule has 1 aromatic carbocycles. The molecule has 2 aromatic heterocycles. The van der Waals surface area contributed by atoms with Crippen LogP contribution >= 0.6 is 0 Å². The molecule has 1 aliphatic carbocycles. The monoisotopic (exact) mass is 277 g/mol. The second-order valence-electron chi connectivity index (χ2n) is 5.31. The van der Waals surface area contributed by atoms with Gasteiger partial charge >= 0.3 is 0 Å². The van der Waals surface area contributed by atoms with E-state index in [0.29, 0.717) is 5.22 Å². The Kier molecular flexibility index (Phi) is 2.67. The van der Waals surface area contributed by atoms with E-state index < -0.39 is 0 Å². The van der Waals surface area contributed by atoms with Gasteiger partial charge in [-0.15, -0.1) is 0 Å². The molecule has 3 aromatic rings. The van der Waals surface area contributed by atoms with Gasteiger partial charge in [0.1, 0.15) is 0 Å². The SMILES string of the molecule is O=c1[nH][nH]c(=C2CC2)c1=Cc1ccc(-c2ccccc2)[nH]1. The molecule has 104 valence electrons. The highest BCUT2D eigenvalue weighted by molar-refractivity contribution is 5.63. The highest BCUT2D eigenvalue weighted by atomic mass is 16.1. The first-order valence-electron chi connectivity index (χ1n) is 7.06. The van der Waals surface area contributed by atoms with Crippen LogP contribution in [-0.4, -0.2) is 15.2 Å². The van der Waals surface area contributed by atoms with Crippen LogP contribution in [0.4, 0.5) is 0 Å². The molecular weight excluding hydrogens is 262 g/mol. The first-order chi connectivity index (χ1) is 10.3. The van der Waals surface area contributed by atoms with E-state index in [1.807, 2.05) is 36.4 Å². The molecule has 1 saturated carbocycles. The summed E-state index contributed by atoms with van der Waals surface area (Å²) in [7, 11) is 0. The number of H-pyrrole nitrogens is 3. The van der Waals surface area contributed by atoms with Gasteiger partial charge in [-0.25, -0.2) is 0 Å². The molecule has 0 radical (unpaired) electrons. The third kappa shape index (κ3) is 2.25. The van der Waals surface area contributed by atoms with E-state index in [1.54, 1.807) is 0 Å². The summed E-state index contributed by atoms with van der Waals surface area (Å²) in [5, 5.41) is 7.31. The maximum absolute atomic E-state index is 11.9. The van der Waals surface area contributed by atoms with Gasteiger partial charge in [-0.1, -0.05) is 30.3 Å². The van der Waals surface area contributed by atoms with E-state index in [2.05, 4.69) is 27.3 Å². The van der Waals surface area contributed by atoms with Crippen molar-refractivity contribution in [2.45, 2.75) is 12.8 Å². The van der Waals surface area contributed by atoms with Crippen molar-refractivity contribution in [3.05, 3.63) is 69.1 Å². The van der Waals surface area contributed by atoms with Crippen molar-refractivity contribution >= 4 is 11.6 Å². The molecule has 1 aliphatic rings. The number of aromatic nitrogens is 3. The van der Waals surface area contributed by atoms with Gasteiger partial charge in [0.15, 0.2) is 0 Å². The van der Waals surface area contributed by atoms with Crippen LogP contribution in [0.25, 0.3) is 22.9 Å². The molecule has 3 N–H and O–H groups in total. The number of hydrogen-bond acceptors (Lipinski definition) is 1. The fraction of sp³-hybridized carbons (Fsp3) is 0.118. The zero-order valence-corrected chi connectivity index (χ0v) is 11.4. The van der Waals surface area contributed by atoms with Crippen LogP contribution in [0.1, 0.15) is 18.5 Å². The summed E-state index contributed by atoms with van der Waals surface area (Å²) < 4.78 is 0. The molecule has 4 rings (SSSR count).